The summed E-state index contributed by atoms with van der Waals surface area (Å²) >= 11 is 1.14. The Balaban J connectivity index is 2.04. The van der Waals surface area contributed by atoms with E-state index in [9.17, 15) is 9.59 Å². The predicted molar refractivity (Wildman–Crippen MR) is 72.1 cm³/mol. The molecule has 1 aliphatic heterocycles. The molecule has 1 atom stereocenters. The van der Waals surface area contributed by atoms with Crippen molar-refractivity contribution in [2.24, 2.45) is 0 Å². The second kappa shape index (κ2) is 5.44. The fourth-order valence-electron chi connectivity index (χ4n) is 2.24. The maximum atomic E-state index is 12.1. The molecule has 0 saturated carbocycles. The molecule has 0 saturated heterocycles. The summed E-state index contributed by atoms with van der Waals surface area (Å²) in [5.74, 6) is -0.720. The van der Waals surface area contributed by atoms with E-state index in [0.717, 1.165) is 23.9 Å². The Bertz CT molecular complexity index is 475. The lowest BCUT2D eigenvalue weighted by Crippen LogP contribution is -2.37. The van der Waals surface area contributed by atoms with Crippen molar-refractivity contribution in [2.45, 2.75) is 19.4 Å². The quantitative estimate of drug-likeness (QED) is 0.901. The van der Waals surface area contributed by atoms with Gasteiger partial charge in [-0.15, -0.1) is 11.8 Å². The first-order valence-corrected chi connectivity index (χ1v) is 6.94. The summed E-state index contributed by atoms with van der Waals surface area (Å²) in [7, 11) is 0. The van der Waals surface area contributed by atoms with Gasteiger partial charge in [0, 0.05) is 11.7 Å². The van der Waals surface area contributed by atoms with Gasteiger partial charge in [0.2, 0.25) is 5.91 Å². The number of thioether (sulfide) groups is 1. The maximum absolute atomic E-state index is 12.1. The van der Waals surface area contributed by atoms with E-state index in [1.807, 2.05) is 31.2 Å². The molecule has 4 nitrogen and oxygen atoms in total. The van der Waals surface area contributed by atoms with Crippen LogP contribution >= 0.6 is 11.8 Å². The zero-order chi connectivity index (χ0) is 13.1. The van der Waals surface area contributed by atoms with E-state index in [2.05, 4.69) is 0 Å². The van der Waals surface area contributed by atoms with E-state index in [0.29, 0.717) is 0 Å². The molecule has 5 heteroatoms. The number of carbonyl (C=O) groups is 2. The highest BCUT2D eigenvalue weighted by Crippen LogP contribution is 2.32. The zero-order valence-corrected chi connectivity index (χ0v) is 10.9. The number of para-hydroxylation sites is 1. The lowest BCUT2D eigenvalue weighted by atomic mass is 10.1. The molecule has 1 amide bonds. The first-order chi connectivity index (χ1) is 8.59. The summed E-state index contributed by atoms with van der Waals surface area (Å²) in [5, 5.41) is 8.56. The Kier molecular flexibility index (Phi) is 3.91. The van der Waals surface area contributed by atoms with Gasteiger partial charge in [0.25, 0.3) is 0 Å². The van der Waals surface area contributed by atoms with Gasteiger partial charge in [-0.1, -0.05) is 18.2 Å². The van der Waals surface area contributed by atoms with Crippen LogP contribution in [0.15, 0.2) is 24.3 Å². The predicted octanol–water partition coefficient (Wildman–Crippen LogP) is 1.78. The van der Waals surface area contributed by atoms with Gasteiger partial charge in [-0.2, -0.15) is 0 Å². The number of carboxylic acids is 1. The highest BCUT2D eigenvalue weighted by Gasteiger charge is 2.30. The fourth-order valence-corrected chi connectivity index (χ4v) is 2.83. The third kappa shape index (κ3) is 2.67. The Hall–Kier alpha value is -1.49. The molecule has 2 rings (SSSR count). The molecule has 0 spiro atoms. The van der Waals surface area contributed by atoms with Gasteiger partial charge >= 0.3 is 5.97 Å². The third-order valence-corrected chi connectivity index (χ3v) is 3.83. The minimum Gasteiger partial charge on any atom is -0.481 e. The second-order valence-corrected chi connectivity index (χ2v) is 5.32. The van der Waals surface area contributed by atoms with Crippen LogP contribution < -0.4 is 4.90 Å². The fraction of sp³-hybridized carbons (Fsp3) is 0.385. The largest absolute Gasteiger partial charge is 0.481 e. The van der Waals surface area contributed by atoms with Gasteiger partial charge in [0.1, 0.15) is 0 Å². The first kappa shape index (κ1) is 13.0. The van der Waals surface area contributed by atoms with Crippen molar-refractivity contribution in [3.05, 3.63) is 29.8 Å². The number of hydrogen-bond acceptors (Lipinski definition) is 3. The highest BCUT2D eigenvalue weighted by molar-refractivity contribution is 8.00. The average Bonchev–Trinajstić information content (AvgIpc) is 2.64. The summed E-state index contributed by atoms with van der Waals surface area (Å²) in [4.78, 5) is 24.3. The number of fused-ring (bicyclic) bond motifs is 1. The number of carbonyl (C=O) groups excluding carboxylic acids is 1. The molecule has 1 aromatic carbocycles. The Morgan fingerprint density at radius 2 is 2.11 bits per heavy atom. The van der Waals surface area contributed by atoms with E-state index >= 15 is 0 Å². The topological polar surface area (TPSA) is 57.6 Å². The highest BCUT2D eigenvalue weighted by atomic mass is 32.2. The SMILES string of the molecule is C[C@@H]1Cc2ccccc2N1C(=O)CSCC(=O)O. The minimum absolute atomic E-state index is 0.0151. The van der Waals surface area contributed by atoms with Crippen LogP contribution in [0.25, 0.3) is 0 Å². The number of nitrogens with zero attached hydrogens (tertiary/aromatic N) is 1. The lowest BCUT2D eigenvalue weighted by molar-refractivity contribution is -0.133. The molecule has 0 aromatic heterocycles. The van der Waals surface area contributed by atoms with Gasteiger partial charge in [-0.25, -0.2) is 0 Å². The van der Waals surface area contributed by atoms with Crippen molar-refractivity contribution in [1.82, 2.24) is 0 Å². The summed E-state index contributed by atoms with van der Waals surface area (Å²) in [5.41, 5.74) is 2.15. The van der Waals surface area contributed by atoms with Crippen molar-refractivity contribution < 1.29 is 14.7 Å². The number of amides is 1. The van der Waals surface area contributed by atoms with Gasteiger partial charge < -0.3 is 10.0 Å². The summed E-state index contributed by atoms with van der Waals surface area (Å²) in [6.07, 6.45) is 0.867. The summed E-state index contributed by atoms with van der Waals surface area (Å²) in [6, 6.07) is 8.02. The number of anilines is 1. The number of carboxylic acid groups (broad SMARTS) is 1. The Morgan fingerprint density at radius 1 is 1.39 bits per heavy atom. The molecule has 1 heterocycles. The monoisotopic (exact) mass is 265 g/mol. The lowest BCUT2D eigenvalue weighted by Gasteiger charge is -2.22. The molecule has 96 valence electrons. The average molecular weight is 265 g/mol. The van der Waals surface area contributed by atoms with E-state index in [1.165, 1.54) is 5.56 Å². The molecular weight excluding hydrogens is 250 g/mol. The van der Waals surface area contributed by atoms with Crippen LogP contribution in [0.3, 0.4) is 0 Å². The van der Waals surface area contributed by atoms with Crippen LogP contribution in [0.5, 0.6) is 0 Å². The van der Waals surface area contributed by atoms with Gasteiger partial charge in [-0.3, -0.25) is 9.59 Å². The Morgan fingerprint density at radius 3 is 2.83 bits per heavy atom. The molecule has 0 radical (unpaired) electrons. The number of hydrogen-bond donors (Lipinski definition) is 1. The van der Waals surface area contributed by atoms with Crippen molar-refractivity contribution in [3.63, 3.8) is 0 Å². The normalized spacial score (nSPS) is 17.6. The van der Waals surface area contributed by atoms with Crippen LogP contribution in [0, 0.1) is 0 Å². The number of benzene rings is 1. The van der Waals surface area contributed by atoms with Crippen molar-refractivity contribution >= 4 is 29.3 Å². The molecule has 1 aliphatic rings. The molecule has 18 heavy (non-hydrogen) atoms. The molecular formula is C13H15NO3S. The molecule has 1 N–H and O–H groups in total. The van der Waals surface area contributed by atoms with Gasteiger partial charge in [0.05, 0.1) is 11.5 Å². The minimum atomic E-state index is -0.886. The maximum Gasteiger partial charge on any atom is 0.313 e. The smallest absolute Gasteiger partial charge is 0.313 e. The molecule has 0 fully saturated rings. The van der Waals surface area contributed by atoms with E-state index in [-0.39, 0.29) is 23.5 Å². The van der Waals surface area contributed by atoms with Gasteiger partial charge in [-0.05, 0) is 25.0 Å². The van der Waals surface area contributed by atoms with Crippen molar-refractivity contribution in [1.29, 1.82) is 0 Å². The van der Waals surface area contributed by atoms with Crippen molar-refractivity contribution in [2.75, 3.05) is 16.4 Å². The zero-order valence-electron chi connectivity index (χ0n) is 10.1. The Labute approximate surface area is 110 Å². The molecule has 0 unspecified atom stereocenters. The van der Waals surface area contributed by atoms with Gasteiger partial charge in [0.15, 0.2) is 0 Å². The molecule has 0 bridgehead atoms. The molecule has 0 aliphatic carbocycles. The number of rotatable bonds is 4. The van der Waals surface area contributed by atoms with Crippen molar-refractivity contribution in [3.8, 4) is 0 Å². The van der Waals surface area contributed by atoms with Crippen LogP contribution in [0.2, 0.25) is 0 Å². The summed E-state index contributed by atoms with van der Waals surface area (Å²) in [6.45, 7) is 2.01. The van der Waals surface area contributed by atoms with E-state index in [4.69, 9.17) is 5.11 Å². The second-order valence-electron chi connectivity index (χ2n) is 4.33. The first-order valence-electron chi connectivity index (χ1n) is 5.79. The third-order valence-electron chi connectivity index (χ3n) is 2.93. The molecule has 1 aromatic rings. The van der Waals surface area contributed by atoms with Crippen LogP contribution in [-0.2, 0) is 16.0 Å². The summed E-state index contributed by atoms with van der Waals surface area (Å²) < 4.78 is 0. The standard InChI is InChI=1S/C13H15NO3S/c1-9-6-10-4-2-3-5-11(10)14(9)12(15)7-18-8-13(16)17/h2-5,9H,6-8H2,1H3,(H,16,17)/t9-/m1/s1. The van der Waals surface area contributed by atoms with Crippen LogP contribution in [0.4, 0.5) is 5.69 Å². The van der Waals surface area contributed by atoms with Crippen LogP contribution in [0.1, 0.15) is 12.5 Å². The van der Waals surface area contributed by atoms with E-state index in [1.54, 1.807) is 4.90 Å². The van der Waals surface area contributed by atoms with Crippen LogP contribution in [-0.4, -0.2) is 34.5 Å². The van der Waals surface area contributed by atoms with E-state index < -0.39 is 5.97 Å². The number of aliphatic carboxylic acids is 1.